The van der Waals surface area contributed by atoms with E-state index in [4.69, 9.17) is 9.84 Å². The molecule has 0 bridgehead atoms. The highest BCUT2D eigenvalue weighted by atomic mass is 16.5. The molecule has 2 rings (SSSR count). The predicted molar refractivity (Wildman–Crippen MR) is 59.8 cm³/mol. The van der Waals surface area contributed by atoms with E-state index in [1.165, 1.54) is 6.20 Å². The van der Waals surface area contributed by atoms with Gasteiger partial charge in [0, 0.05) is 19.3 Å². The van der Waals surface area contributed by atoms with Gasteiger partial charge in [-0.1, -0.05) is 0 Å². The molecule has 0 radical (unpaired) electrons. The number of hydrogen-bond donors (Lipinski definition) is 1. The van der Waals surface area contributed by atoms with Gasteiger partial charge in [0.1, 0.15) is 5.82 Å². The van der Waals surface area contributed by atoms with E-state index >= 15 is 0 Å². The van der Waals surface area contributed by atoms with Crippen molar-refractivity contribution in [3.8, 4) is 0 Å². The van der Waals surface area contributed by atoms with Gasteiger partial charge in [-0.2, -0.15) is 0 Å². The van der Waals surface area contributed by atoms with E-state index in [1.807, 2.05) is 0 Å². The number of hydrogen-bond acceptors (Lipinski definition) is 5. The molecule has 6 heteroatoms. The summed E-state index contributed by atoms with van der Waals surface area (Å²) in [4.78, 5) is 21.3. The van der Waals surface area contributed by atoms with Crippen LogP contribution in [-0.2, 0) is 11.3 Å². The minimum atomic E-state index is -0.986. The van der Waals surface area contributed by atoms with Gasteiger partial charge in [0.15, 0.2) is 0 Å². The minimum Gasteiger partial charge on any atom is -0.478 e. The van der Waals surface area contributed by atoms with Crippen molar-refractivity contribution in [3.05, 3.63) is 23.3 Å². The number of nitrogens with zero attached hydrogens (tertiary/aromatic N) is 3. The van der Waals surface area contributed by atoms with Crippen LogP contribution in [0.3, 0.4) is 0 Å². The Morgan fingerprint density at radius 3 is 2.82 bits per heavy atom. The van der Waals surface area contributed by atoms with E-state index in [1.54, 1.807) is 6.92 Å². The van der Waals surface area contributed by atoms with Crippen molar-refractivity contribution in [2.45, 2.75) is 13.5 Å². The van der Waals surface area contributed by atoms with Gasteiger partial charge in [-0.25, -0.2) is 14.8 Å². The van der Waals surface area contributed by atoms with Crippen LogP contribution in [0.25, 0.3) is 0 Å². The number of aryl methyl sites for hydroxylation is 1. The van der Waals surface area contributed by atoms with Crippen molar-refractivity contribution in [1.29, 1.82) is 0 Å². The number of morpholine rings is 1. The van der Waals surface area contributed by atoms with Gasteiger partial charge in [0.2, 0.25) is 0 Å². The van der Waals surface area contributed by atoms with Crippen molar-refractivity contribution in [1.82, 2.24) is 14.9 Å². The molecule has 0 spiro atoms. The maximum atomic E-state index is 10.8. The van der Waals surface area contributed by atoms with Gasteiger partial charge >= 0.3 is 5.97 Å². The Labute approximate surface area is 99.2 Å². The van der Waals surface area contributed by atoms with E-state index in [0.29, 0.717) is 18.1 Å². The number of ether oxygens (including phenoxy) is 1. The molecule has 2 heterocycles. The van der Waals surface area contributed by atoms with Gasteiger partial charge in [0.05, 0.1) is 31.0 Å². The van der Waals surface area contributed by atoms with Gasteiger partial charge in [-0.3, -0.25) is 4.90 Å². The Hall–Kier alpha value is -1.53. The molecule has 0 unspecified atom stereocenters. The molecular weight excluding hydrogens is 222 g/mol. The van der Waals surface area contributed by atoms with Crippen molar-refractivity contribution < 1.29 is 14.6 Å². The monoisotopic (exact) mass is 237 g/mol. The van der Waals surface area contributed by atoms with Crippen LogP contribution in [0, 0.1) is 6.92 Å². The first-order valence-corrected chi connectivity index (χ1v) is 5.53. The molecule has 6 nitrogen and oxygen atoms in total. The normalized spacial score (nSPS) is 17.0. The number of aromatic nitrogens is 2. The molecule has 92 valence electrons. The van der Waals surface area contributed by atoms with Crippen molar-refractivity contribution in [2.24, 2.45) is 0 Å². The van der Waals surface area contributed by atoms with Crippen molar-refractivity contribution >= 4 is 5.97 Å². The predicted octanol–water partition coefficient (Wildman–Crippen LogP) is 0.315. The summed E-state index contributed by atoms with van der Waals surface area (Å²) in [5.74, 6) is -0.324. The summed E-state index contributed by atoms with van der Waals surface area (Å²) in [6, 6.07) is 0. The zero-order chi connectivity index (χ0) is 12.3. The Bertz CT molecular complexity index is 416. The van der Waals surface area contributed by atoms with E-state index in [-0.39, 0.29) is 5.56 Å². The van der Waals surface area contributed by atoms with Gasteiger partial charge in [-0.15, -0.1) is 0 Å². The van der Waals surface area contributed by atoms with Crippen LogP contribution in [0.15, 0.2) is 6.20 Å². The number of carboxylic acid groups (broad SMARTS) is 1. The molecule has 17 heavy (non-hydrogen) atoms. The molecule has 1 aliphatic heterocycles. The fourth-order valence-corrected chi connectivity index (χ4v) is 1.76. The lowest BCUT2D eigenvalue weighted by Crippen LogP contribution is -2.36. The number of carboxylic acids is 1. The van der Waals surface area contributed by atoms with Crippen LogP contribution in [-0.4, -0.2) is 52.2 Å². The fraction of sp³-hybridized carbons (Fsp3) is 0.545. The molecule has 1 aliphatic rings. The molecule has 1 N–H and O–H groups in total. The lowest BCUT2D eigenvalue weighted by Gasteiger charge is -2.25. The first kappa shape index (κ1) is 11.9. The first-order chi connectivity index (χ1) is 8.16. The van der Waals surface area contributed by atoms with Crippen LogP contribution < -0.4 is 0 Å². The maximum Gasteiger partial charge on any atom is 0.339 e. The third kappa shape index (κ3) is 2.98. The van der Waals surface area contributed by atoms with E-state index in [0.717, 1.165) is 26.3 Å². The third-order valence-electron chi connectivity index (χ3n) is 2.73. The quantitative estimate of drug-likeness (QED) is 0.815. The zero-order valence-electron chi connectivity index (χ0n) is 9.72. The maximum absolute atomic E-state index is 10.8. The second-order valence-electron chi connectivity index (χ2n) is 3.98. The summed E-state index contributed by atoms with van der Waals surface area (Å²) < 4.78 is 5.25. The Balaban J connectivity index is 2.06. The highest BCUT2D eigenvalue weighted by molar-refractivity contribution is 5.88. The molecular formula is C11H15N3O3. The summed E-state index contributed by atoms with van der Waals surface area (Å²) in [5.41, 5.74) is 0.673. The average molecular weight is 237 g/mol. The second-order valence-corrected chi connectivity index (χ2v) is 3.98. The van der Waals surface area contributed by atoms with Crippen LogP contribution in [0.1, 0.15) is 21.9 Å². The molecule has 1 fully saturated rings. The number of rotatable bonds is 3. The summed E-state index contributed by atoms with van der Waals surface area (Å²) in [6.45, 7) is 5.52. The third-order valence-corrected chi connectivity index (χ3v) is 2.73. The van der Waals surface area contributed by atoms with Crippen LogP contribution in [0.5, 0.6) is 0 Å². The smallest absolute Gasteiger partial charge is 0.339 e. The Morgan fingerprint density at radius 1 is 1.53 bits per heavy atom. The van der Waals surface area contributed by atoms with E-state index in [2.05, 4.69) is 14.9 Å². The fourth-order valence-electron chi connectivity index (χ4n) is 1.76. The lowest BCUT2D eigenvalue weighted by atomic mass is 10.2. The Kier molecular flexibility index (Phi) is 3.65. The SMILES string of the molecule is Cc1nc(CN2CCOCC2)ncc1C(=O)O. The van der Waals surface area contributed by atoms with Crippen LogP contribution >= 0.6 is 0 Å². The second kappa shape index (κ2) is 5.20. The molecule has 0 atom stereocenters. The summed E-state index contributed by atoms with van der Waals surface area (Å²) >= 11 is 0. The minimum absolute atomic E-state index is 0.163. The summed E-state index contributed by atoms with van der Waals surface area (Å²) in [6.07, 6.45) is 1.38. The highest BCUT2D eigenvalue weighted by Gasteiger charge is 2.14. The summed E-state index contributed by atoms with van der Waals surface area (Å²) in [5, 5.41) is 8.87. The molecule has 0 aromatic carbocycles. The number of carbonyl (C=O) groups is 1. The molecule has 1 aromatic rings. The van der Waals surface area contributed by atoms with Crippen LogP contribution in [0.2, 0.25) is 0 Å². The molecule has 1 aromatic heterocycles. The number of aromatic carboxylic acids is 1. The average Bonchev–Trinajstić information content (AvgIpc) is 2.30. The molecule has 0 amide bonds. The van der Waals surface area contributed by atoms with E-state index < -0.39 is 5.97 Å². The van der Waals surface area contributed by atoms with Crippen molar-refractivity contribution in [2.75, 3.05) is 26.3 Å². The molecule has 1 saturated heterocycles. The lowest BCUT2D eigenvalue weighted by molar-refractivity contribution is 0.0330. The molecule has 0 saturated carbocycles. The largest absolute Gasteiger partial charge is 0.478 e. The first-order valence-electron chi connectivity index (χ1n) is 5.53. The zero-order valence-corrected chi connectivity index (χ0v) is 9.72. The van der Waals surface area contributed by atoms with Crippen molar-refractivity contribution in [3.63, 3.8) is 0 Å². The topological polar surface area (TPSA) is 75.5 Å². The Morgan fingerprint density at radius 2 is 2.24 bits per heavy atom. The van der Waals surface area contributed by atoms with Gasteiger partial charge in [0.25, 0.3) is 0 Å². The van der Waals surface area contributed by atoms with Crippen LogP contribution in [0.4, 0.5) is 0 Å². The van der Waals surface area contributed by atoms with E-state index in [9.17, 15) is 4.79 Å². The standard InChI is InChI=1S/C11H15N3O3/c1-8-9(11(15)16)6-12-10(13-8)7-14-2-4-17-5-3-14/h6H,2-5,7H2,1H3,(H,15,16). The van der Waals surface area contributed by atoms with Gasteiger partial charge in [-0.05, 0) is 6.92 Å². The summed E-state index contributed by atoms with van der Waals surface area (Å²) in [7, 11) is 0. The highest BCUT2D eigenvalue weighted by Crippen LogP contribution is 2.07. The van der Waals surface area contributed by atoms with Gasteiger partial charge < -0.3 is 9.84 Å². The molecule has 0 aliphatic carbocycles.